The Kier molecular flexibility index (Phi) is 9.12. The van der Waals surface area contributed by atoms with Crippen LogP contribution in [0, 0.1) is 5.41 Å². The minimum absolute atomic E-state index is 0.240. The first-order valence-electron chi connectivity index (χ1n) is 6.40. The van der Waals surface area contributed by atoms with Gasteiger partial charge in [0.05, 0.1) is 13.2 Å². The van der Waals surface area contributed by atoms with Gasteiger partial charge in [0.15, 0.2) is 0 Å². The van der Waals surface area contributed by atoms with Crippen molar-refractivity contribution in [1.29, 1.82) is 0 Å². The van der Waals surface area contributed by atoms with Crippen LogP contribution in [0.1, 0.15) is 53.4 Å². The van der Waals surface area contributed by atoms with E-state index in [1.165, 1.54) is 0 Å². The number of ether oxygens (including phenoxy) is 2. The summed E-state index contributed by atoms with van der Waals surface area (Å²) in [7, 11) is 0. The summed E-state index contributed by atoms with van der Waals surface area (Å²) in [6.07, 6.45) is 4.46. The molecule has 0 fully saturated rings. The van der Waals surface area contributed by atoms with Gasteiger partial charge in [-0.15, -0.1) is 0 Å². The molecular formula is C13H28O2. The van der Waals surface area contributed by atoms with Crippen LogP contribution in [0.2, 0.25) is 0 Å². The van der Waals surface area contributed by atoms with Crippen molar-refractivity contribution < 1.29 is 9.47 Å². The quantitative estimate of drug-likeness (QED) is 0.519. The molecule has 0 N–H and O–H groups in total. The van der Waals surface area contributed by atoms with E-state index in [0.717, 1.165) is 52.1 Å². The fourth-order valence-corrected chi connectivity index (χ4v) is 1.57. The maximum absolute atomic E-state index is 5.68. The molecule has 0 saturated carbocycles. The third-order valence-electron chi connectivity index (χ3n) is 3.01. The molecule has 2 heteroatoms. The molecule has 0 radical (unpaired) electrons. The highest BCUT2D eigenvalue weighted by Gasteiger charge is 2.26. The summed E-state index contributed by atoms with van der Waals surface area (Å²) in [5.41, 5.74) is 0.240. The Balaban J connectivity index is 3.93. The Labute approximate surface area is 95.3 Å². The summed E-state index contributed by atoms with van der Waals surface area (Å²) in [5, 5.41) is 0. The van der Waals surface area contributed by atoms with Crippen LogP contribution in [0.4, 0.5) is 0 Å². The molecule has 2 nitrogen and oxygen atoms in total. The van der Waals surface area contributed by atoms with E-state index in [2.05, 4.69) is 27.7 Å². The van der Waals surface area contributed by atoms with Crippen LogP contribution in [0.15, 0.2) is 0 Å². The van der Waals surface area contributed by atoms with E-state index in [4.69, 9.17) is 9.47 Å². The molecule has 0 amide bonds. The van der Waals surface area contributed by atoms with Crippen LogP contribution >= 0.6 is 0 Å². The van der Waals surface area contributed by atoms with E-state index in [1.54, 1.807) is 0 Å². The lowest BCUT2D eigenvalue weighted by Gasteiger charge is -2.31. The highest BCUT2D eigenvalue weighted by molar-refractivity contribution is 4.75. The molecule has 0 bridgehead atoms. The van der Waals surface area contributed by atoms with Crippen molar-refractivity contribution in [3.63, 3.8) is 0 Å². The predicted molar refractivity (Wildman–Crippen MR) is 65.2 cm³/mol. The lowest BCUT2D eigenvalue weighted by atomic mass is 9.84. The monoisotopic (exact) mass is 216 g/mol. The predicted octanol–water partition coefficient (Wildman–Crippen LogP) is 3.65. The van der Waals surface area contributed by atoms with Crippen LogP contribution in [0.25, 0.3) is 0 Å². The van der Waals surface area contributed by atoms with Crippen molar-refractivity contribution in [2.75, 3.05) is 26.4 Å². The Bertz CT molecular complexity index is 118. The maximum Gasteiger partial charge on any atom is 0.0544 e. The molecule has 0 saturated heterocycles. The van der Waals surface area contributed by atoms with Crippen molar-refractivity contribution in [2.24, 2.45) is 5.41 Å². The van der Waals surface area contributed by atoms with Gasteiger partial charge in [-0.25, -0.2) is 0 Å². The van der Waals surface area contributed by atoms with Gasteiger partial charge in [-0.05, 0) is 25.7 Å². The second-order valence-electron chi connectivity index (χ2n) is 4.31. The topological polar surface area (TPSA) is 18.5 Å². The molecule has 0 rings (SSSR count). The molecule has 0 aromatic heterocycles. The zero-order chi connectivity index (χ0) is 11.6. The average molecular weight is 216 g/mol. The van der Waals surface area contributed by atoms with E-state index in [1.807, 2.05) is 0 Å². The molecule has 0 spiro atoms. The van der Waals surface area contributed by atoms with Crippen molar-refractivity contribution in [2.45, 2.75) is 53.4 Å². The molecule has 0 aromatic carbocycles. The number of hydrogen-bond donors (Lipinski definition) is 0. The molecule has 15 heavy (non-hydrogen) atoms. The molecule has 0 aliphatic rings. The van der Waals surface area contributed by atoms with Gasteiger partial charge < -0.3 is 9.47 Å². The Hall–Kier alpha value is -0.0800. The molecule has 92 valence electrons. The zero-order valence-electron chi connectivity index (χ0n) is 11.0. The van der Waals surface area contributed by atoms with E-state index in [9.17, 15) is 0 Å². The van der Waals surface area contributed by atoms with Crippen LogP contribution < -0.4 is 0 Å². The van der Waals surface area contributed by atoms with E-state index < -0.39 is 0 Å². The summed E-state index contributed by atoms with van der Waals surface area (Å²) in [5.74, 6) is 0. The van der Waals surface area contributed by atoms with Gasteiger partial charge in [0, 0.05) is 18.6 Å². The van der Waals surface area contributed by atoms with E-state index >= 15 is 0 Å². The SMILES string of the molecule is CCCOCC(CC)(CC)COCCC. The zero-order valence-corrected chi connectivity index (χ0v) is 11.0. The van der Waals surface area contributed by atoms with Gasteiger partial charge in [-0.3, -0.25) is 0 Å². The van der Waals surface area contributed by atoms with Gasteiger partial charge in [-0.2, -0.15) is 0 Å². The fourth-order valence-electron chi connectivity index (χ4n) is 1.57. The largest absolute Gasteiger partial charge is 0.381 e. The second-order valence-corrected chi connectivity index (χ2v) is 4.31. The molecule has 0 aliphatic carbocycles. The van der Waals surface area contributed by atoms with Crippen molar-refractivity contribution in [3.8, 4) is 0 Å². The minimum atomic E-state index is 0.240. The van der Waals surface area contributed by atoms with E-state index in [0.29, 0.717) is 0 Å². The second kappa shape index (κ2) is 9.17. The minimum Gasteiger partial charge on any atom is -0.381 e. The van der Waals surface area contributed by atoms with Gasteiger partial charge in [0.2, 0.25) is 0 Å². The summed E-state index contributed by atoms with van der Waals surface area (Å²) < 4.78 is 11.4. The Morgan fingerprint density at radius 3 is 1.40 bits per heavy atom. The van der Waals surface area contributed by atoms with Crippen molar-refractivity contribution >= 4 is 0 Å². The molecular weight excluding hydrogens is 188 g/mol. The maximum atomic E-state index is 5.68. The fraction of sp³-hybridized carbons (Fsp3) is 1.00. The Morgan fingerprint density at radius 2 is 1.13 bits per heavy atom. The first-order chi connectivity index (χ1) is 7.24. The number of rotatable bonds is 10. The van der Waals surface area contributed by atoms with Crippen LogP contribution in [-0.4, -0.2) is 26.4 Å². The lowest BCUT2D eigenvalue weighted by Crippen LogP contribution is -2.31. The van der Waals surface area contributed by atoms with Crippen LogP contribution in [0.5, 0.6) is 0 Å². The molecule has 0 heterocycles. The van der Waals surface area contributed by atoms with Gasteiger partial charge in [0.25, 0.3) is 0 Å². The molecule has 0 aromatic rings. The summed E-state index contributed by atoms with van der Waals surface area (Å²) in [6, 6.07) is 0. The highest BCUT2D eigenvalue weighted by Crippen LogP contribution is 2.27. The van der Waals surface area contributed by atoms with Gasteiger partial charge >= 0.3 is 0 Å². The number of hydrogen-bond acceptors (Lipinski definition) is 2. The highest BCUT2D eigenvalue weighted by atomic mass is 16.5. The first-order valence-corrected chi connectivity index (χ1v) is 6.40. The molecule has 0 atom stereocenters. The average Bonchev–Trinajstić information content (AvgIpc) is 2.28. The molecule has 0 unspecified atom stereocenters. The third-order valence-corrected chi connectivity index (χ3v) is 3.01. The van der Waals surface area contributed by atoms with Crippen LogP contribution in [0.3, 0.4) is 0 Å². The summed E-state index contributed by atoms with van der Waals surface area (Å²) in [4.78, 5) is 0. The first kappa shape index (κ1) is 14.9. The molecule has 0 aliphatic heterocycles. The normalized spacial score (nSPS) is 12.0. The third kappa shape index (κ3) is 6.16. The summed E-state index contributed by atoms with van der Waals surface area (Å²) in [6.45, 7) is 12.2. The van der Waals surface area contributed by atoms with Crippen molar-refractivity contribution in [3.05, 3.63) is 0 Å². The standard InChI is InChI=1S/C13H28O2/c1-5-9-14-11-13(7-3,8-4)12-15-10-6-2/h5-12H2,1-4H3. The Morgan fingerprint density at radius 1 is 0.733 bits per heavy atom. The smallest absolute Gasteiger partial charge is 0.0544 e. The summed E-state index contributed by atoms with van der Waals surface area (Å²) >= 11 is 0. The van der Waals surface area contributed by atoms with Crippen LogP contribution in [-0.2, 0) is 9.47 Å². The van der Waals surface area contributed by atoms with Gasteiger partial charge in [0.1, 0.15) is 0 Å². The van der Waals surface area contributed by atoms with Gasteiger partial charge in [-0.1, -0.05) is 27.7 Å². The lowest BCUT2D eigenvalue weighted by molar-refractivity contribution is -0.0270. The van der Waals surface area contributed by atoms with E-state index in [-0.39, 0.29) is 5.41 Å². The van der Waals surface area contributed by atoms with Crippen molar-refractivity contribution in [1.82, 2.24) is 0 Å².